The Hall–Kier alpha value is -6.95. The summed E-state index contributed by atoms with van der Waals surface area (Å²) in [4.78, 5) is 54.1. The molecule has 1 aliphatic carbocycles. The van der Waals surface area contributed by atoms with Gasteiger partial charge in [-0.2, -0.15) is 5.10 Å². The number of fused-ring (bicyclic) bond motifs is 3. The molecule has 3 aromatic carbocycles. The molecule has 0 radical (unpaired) electrons. The zero-order valence-corrected chi connectivity index (χ0v) is 42.7. The molecule has 0 unspecified atom stereocenters. The number of nitrogens with zero attached hydrogens (tertiary/aromatic N) is 8. The Morgan fingerprint density at radius 3 is 2.40 bits per heavy atom. The van der Waals surface area contributed by atoms with Gasteiger partial charge in [0.25, 0.3) is 0 Å². The normalized spacial score (nSPS) is 20.2. The molecule has 0 spiro atoms. The summed E-state index contributed by atoms with van der Waals surface area (Å²) in [6.45, 7) is 13.8. The van der Waals surface area contributed by atoms with Gasteiger partial charge in [0.15, 0.2) is 18.0 Å². The number of rotatable bonds is 14. The first-order chi connectivity index (χ1) is 34.6. The Morgan fingerprint density at radius 1 is 0.931 bits per heavy atom. The van der Waals surface area contributed by atoms with Crippen LogP contribution in [0.25, 0.3) is 27.5 Å². The van der Waals surface area contributed by atoms with Crippen molar-refractivity contribution in [2.75, 3.05) is 6.54 Å². The van der Waals surface area contributed by atoms with Crippen molar-refractivity contribution in [3.63, 3.8) is 0 Å². The second kappa shape index (κ2) is 19.9. The molecule has 18 heteroatoms. The van der Waals surface area contributed by atoms with Crippen LogP contribution in [0.3, 0.4) is 0 Å². The molecule has 1 saturated heterocycles. The Bertz CT molecular complexity index is 3190. The first kappa shape index (κ1) is 48.7. The lowest BCUT2D eigenvalue weighted by Gasteiger charge is -2.36. The van der Waals surface area contributed by atoms with E-state index in [1.807, 2.05) is 118 Å². The highest BCUT2D eigenvalue weighted by Gasteiger charge is 2.43. The second-order valence-corrected chi connectivity index (χ2v) is 21.2. The standard InChI is InChI=1S/C54H57ClN10O6S/c1-28(2)49(53(69)63-26-41(66)22-45(63)52(68)58-30(4)34-11-13-36(14-12-34)50-31(5)56-27-70-50)64-25-38(24-57-64)37-9-8-10-42(19-37)71-43-20-40(21-43)59-46(67)23-44-51-62-61-33(7)65(51)54-47(29(3)32(6)72-54)48(60-44)35-15-17-39(55)18-16-35/h8-19,24-25,27-28,30,40-41,43-45,49,66H,20-23,26H2,1-7H3,(H,58,68)(H,59,67)/t30-,40?,41+,43?,44-,45-,49-/m0/s1. The number of aromatic nitrogens is 6. The van der Waals surface area contributed by atoms with E-state index in [1.54, 1.807) is 22.2 Å². The number of ether oxygens (including phenoxy) is 1. The predicted octanol–water partition coefficient (Wildman–Crippen LogP) is 8.78. The third kappa shape index (κ3) is 9.60. The number of nitrogens with one attached hydrogen (secondary N) is 2. The van der Waals surface area contributed by atoms with E-state index < -0.39 is 24.2 Å². The first-order valence-electron chi connectivity index (χ1n) is 24.4. The number of hydrogen-bond acceptors (Lipinski definition) is 12. The number of carbonyl (C=O) groups excluding carboxylic acids is 3. The van der Waals surface area contributed by atoms with Crippen molar-refractivity contribution in [2.24, 2.45) is 10.9 Å². The van der Waals surface area contributed by atoms with Gasteiger partial charge in [-0.15, -0.1) is 21.5 Å². The molecular weight excluding hydrogens is 952 g/mol. The van der Waals surface area contributed by atoms with Gasteiger partial charge in [-0.05, 0) is 81.5 Å². The highest BCUT2D eigenvalue weighted by atomic mass is 35.5. The van der Waals surface area contributed by atoms with Crippen LogP contribution in [0, 0.1) is 33.6 Å². The fourth-order valence-electron chi connectivity index (χ4n) is 10.0. The molecule has 3 N–H and O–H groups in total. The Morgan fingerprint density at radius 2 is 1.68 bits per heavy atom. The fraction of sp³-hybridized carbons (Fsp3) is 0.370. The SMILES string of the molecule is Cc1ncoc1-c1ccc([C@H](C)NC(=O)[C@@H]2C[C@@H](O)CN2C(=O)[C@H](C(C)C)n2cc(-c3cccc(OC4CC(NC(=O)C[C@@H]5N=C(c6ccc(Cl)cc6)c6c(sc(C)c6C)-n6c(C)nnc65)C4)c3)cn2)cc1. The van der Waals surface area contributed by atoms with E-state index in [4.69, 9.17) is 25.7 Å². The number of aliphatic hydroxyl groups is 1. The van der Waals surface area contributed by atoms with Crippen LogP contribution < -0.4 is 15.4 Å². The van der Waals surface area contributed by atoms with Gasteiger partial charge in [-0.25, -0.2) is 4.98 Å². The first-order valence-corrected chi connectivity index (χ1v) is 25.6. The number of aryl methyl sites for hydroxylation is 3. The summed E-state index contributed by atoms with van der Waals surface area (Å²) >= 11 is 7.96. The summed E-state index contributed by atoms with van der Waals surface area (Å²) in [7, 11) is 0. The third-order valence-corrected chi connectivity index (χ3v) is 15.5. The highest BCUT2D eigenvalue weighted by Crippen LogP contribution is 2.40. The van der Waals surface area contributed by atoms with Gasteiger partial charge < -0.3 is 29.8 Å². The van der Waals surface area contributed by atoms with Crippen molar-refractivity contribution in [3.05, 3.63) is 141 Å². The minimum absolute atomic E-state index is 0.0414. The predicted molar refractivity (Wildman–Crippen MR) is 274 cm³/mol. The molecule has 3 aliphatic rings. The zero-order valence-electron chi connectivity index (χ0n) is 41.2. The van der Waals surface area contributed by atoms with Crippen LogP contribution in [-0.4, -0.2) is 93.8 Å². The largest absolute Gasteiger partial charge is 0.490 e. The van der Waals surface area contributed by atoms with Gasteiger partial charge in [0.2, 0.25) is 17.7 Å². The van der Waals surface area contributed by atoms with Gasteiger partial charge in [-0.3, -0.25) is 28.6 Å². The minimum atomic E-state index is -0.850. The van der Waals surface area contributed by atoms with E-state index >= 15 is 0 Å². The second-order valence-electron chi connectivity index (χ2n) is 19.5. The molecule has 16 nitrogen and oxygen atoms in total. The van der Waals surface area contributed by atoms with Crippen LogP contribution in [0.2, 0.25) is 5.02 Å². The van der Waals surface area contributed by atoms with Gasteiger partial charge in [0, 0.05) is 70.2 Å². The molecule has 1 saturated carbocycles. The fourth-order valence-corrected chi connectivity index (χ4v) is 11.4. The molecule has 5 atom stereocenters. The van der Waals surface area contributed by atoms with E-state index in [2.05, 4.69) is 44.8 Å². The van der Waals surface area contributed by atoms with Crippen molar-refractivity contribution in [1.82, 2.24) is 45.1 Å². The summed E-state index contributed by atoms with van der Waals surface area (Å²) in [6.07, 6.45) is 5.54. The van der Waals surface area contributed by atoms with Crippen molar-refractivity contribution in [2.45, 2.75) is 117 Å². The smallest absolute Gasteiger partial charge is 0.248 e. The summed E-state index contributed by atoms with van der Waals surface area (Å²) in [5.41, 5.74) is 8.05. The number of aliphatic imine (C=N–C) groups is 1. The molecular formula is C54H57ClN10O6S. The number of likely N-dealkylation sites (tertiary alicyclic amines) is 1. The number of hydrogen-bond donors (Lipinski definition) is 3. The third-order valence-electron chi connectivity index (χ3n) is 14.1. The van der Waals surface area contributed by atoms with Gasteiger partial charge in [0.05, 0.1) is 36.2 Å². The van der Waals surface area contributed by atoms with Crippen LogP contribution in [0.1, 0.15) is 109 Å². The van der Waals surface area contributed by atoms with Crippen molar-refractivity contribution in [1.29, 1.82) is 0 Å². The number of thiophene rings is 1. The maximum absolute atomic E-state index is 14.4. The highest BCUT2D eigenvalue weighted by molar-refractivity contribution is 7.15. The number of halogens is 1. The van der Waals surface area contributed by atoms with E-state index in [-0.39, 0.29) is 61.2 Å². The topological polar surface area (TPSA) is 195 Å². The monoisotopic (exact) mass is 1010 g/mol. The van der Waals surface area contributed by atoms with Gasteiger partial charge in [-0.1, -0.05) is 74.0 Å². The molecule has 2 fully saturated rings. The summed E-state index contributed by atoms with van der Waals surface area (Å²) < 4.78 is 15.6. The molecule has 0 bridgehead atoms. The van der Waals surface area contributed by atoms with E-state index in [1.165, 1.54) is 16.2 Å². The maximum Gasteiger partial charge on any atom is 0.248 e. The van der Waals surface area contributed by atoms with E-state index in [0.29, 0.717) is 35.2 Å². The van der Waals surface area contributed by atoms with Crippen LogP contribution in [0.5, 0.6) is 5.75 Å². The quantitative estimate of drug-likeness (QED) is 0.0948. The number of aliphatic hydroxyl groups excluding tert-OH is 1. The molecule has 372 valence electrons. The van der Waals surface area contributed by atoms with Crippen LogP contribution in [-0.2, 0) is 14.4 Å². The number of β-amino-alcohol motifs (C(OH)–C–C–N with tert-alkyl or cyclic N) is 1. The van der Waals surface area contributed by atoms with Crippen LogP contribution in [0.15, 0.2) is 101 Å². The lowest BCUT2D eigenvalue weighted by molar-refractivity contribution is -0.142. The van der Waals surface area contributed by atoms with Crippen LogP contribution >= 0.6 is 22.9 Å². The molecule has 72 heavy (non-hydrogen) atoms. The molecule has 3 amide bonds. The summed E-state index contributed by atoms with van der Waals surface area (Å²) in [6, 6.07) is 20.5. The van der Waals surface area contributed by atoms with Gasteiger partial charge in [0.1, 0.15) is 40.8 Å². The lowest BCUT2D eigenvalue weighted by Crippen LogP contribution is -2.49. The van der Waals surface area contributed by atoms with E-state index in [9.17, 15) is 19.5 Å². The Labute approximate surface area is 426 Å². The average Bonchev–Trinajstić information content (AvgIpc) is 4.19. The van der Waals surface area contributed by atoms with Gasteiger partial charge >= 0.3 is 0 Å². The number of benzene rings is 3. The number of amides is 3. The van der Waals surface area contributed by atoms with Crippen LogP contribution in [0.4, 0.5) is 0 Å². The summed E-state index contributed by atoms with van der Waals surface area (Å²) in [5, 5.41) is 32.3. The zero-order chi connectivity index (χ0) is 50.5. The van der Waals surface area contributed by atoms with E-state index in [0.717, 1.165) is 61.2 Å². The molecule has 7 aromatic rings. The Balaban J connectivity index is 0.762. The molecule has 10 rings (SSSR count). The molecule has 2 aliphatic heterocycles. The Kier molecular flexibility index (Phi) is 13.5. The molecule has 6 heterocycles. The van der Waals surface area contributed by atoms with Crippen molar-refractivity contribution in [3.8, 4) is 33.2 Å². The lowest BCUT2D eigenvalue weighted by atomic mass is 9.89. The average molecular weight is 1010 g/mol. The number of carbonyl (C=O) groups is 3. The maximum atomic E-state index is 14.4. The molecule has 4 aromatic heterocycles. The van der Waals surface area contributed by atoms with Crippen molar-refractivity contribution >= 4 is 46.4 Å². The number of oxazole rings is 1. The summed E-state index contributed by atoms with van der Waals surface area (Å²) in [5.74, 6) is 1.80. The minimum Gasteiger partial charge on any atom is -0.490 e. The van der Waals surface area contributed by atoms with Crippen molar-refractivity contribution < 1.29 is 28.6 Å².